The van der Waals surface area contributed by atoms with E-state index >= 15 is 17.6 Å². The molecule has 0 radical (unpaired) electrons. The van der Waals surface area contributed by atoms with Crippen molar-refractivity contribution in [2.24, 2.45) is 0 Å². The zero-order valence-electron chi connectivity index (χ0n) is 38.3. The van der Waals surface area contributed by atoms with Gasteiger partial charge in [-0.05, 0) is 105 Å². The Morgan fingerprint density at radius 2 is 0.662 bits per heavy atom. The summed E-state index contributed by atoms with van der Waals surface area (Å²) in [6.45, 7) is 13.5. The number of hydrogen-bond acceptors (Lipinski definition) is 2. The first-order valence-electron chi connectivity index (χ1n) is 22.5. The molecule has 0 spiro atoms. The van der Waals surface area contributed by atoms with Gasteiger partial charge in [0.2, 0.25) is 0 Å². The van der Waals surface area contributed by atoms with Gasteiger partial charge in [0.05, 0.1) is 38.9 Å². The highest BCUT2D eigenvalue weighted by molar-refractivity contribution is 6.89. The smallest absolute Gasteiger partial charge is 0.150 e. The van der Waals surface area contributed by atoms with E-state index in [1.54, 1.807) is 9.80 Å². The topological polar surface area (TPSA) is 6.48 Å². The first-order valence-corrected chi connectivity index (χ1v) is 29.5. The highest BCUT2D eigenvalue weighted by Gasteiger charge is 2.27. The van der Waals surface area contributed by atoms with Crippen LogP contribution in [-0.2, 0) is 0 Å². The van der Waals surface area contributed by atoms with Gasteiger partial charge in [-0.15, -0.1) is 0 Å². The van der Waals surface area contributed by atoms with Crippen LogP contribution in [0.4, 0.5) is 60.5 Å². The molecule has 0 N–H and O–H groups in total. The zero-order chi connectivity index (χ0) is 47.8. The Morgan fingerprint density at radius 3 is 1.00 bits per heavy atom. The number of nitrogens with zero attached hydrogens (tertiary/aromatic N) is 2. The molecule has 0 saturated heterocycles. The molecule has 10 aromatic rings. The maximum atomic E-state index is 16.7. The fourth-order valence-corrected chi connectivity index (χ4v) is 11.6. The molecule has 2 nitrogen and oxygen atoms in total. The lowest BCUT2D eigenvalue weighted by Gasteiger charge is -2.30. The van der Waals surface area contributed by atoms with Crippen LogP contribution in [0.1, 0.15) is 0 Å². The predicted octanol–water partition coefficient (Wildman–Crippen LogP) is 16.8. The van der Waals surface area contributed by atoms with Crippen molar-refractivity contribution in [3.8, 4) is 22.3 Å². The first kappa shape index (κ1) is 44.7. The minimum Gasteiger partial charge on any atom is -0.307 e. The van der Waals surface area contributed by atoms with Crippen LogP contribution in [0, 0.1) is 34.9 Å². The SMILES string of the molecule is C[Si](C)(C)c1ccc(N(c2cc(-c3ccc(F)cc3)c(F)cc2F)c2ccc3ccc4c(N(c5ccc([Si](C)(C)C)cc5)c5cc(-c6ccc(F)cc6)c(F)cc5F)ccc5ccc2c3c54)cc1. The van der Waals surface area contributed by atoms with Gasteiger partial charge in [-0.2, -0.15) is 0 Å². The summed E-state index contributed by atoms with van der Waals surface area (Å²) in [4.78, 5) is 3.61. The first-order chi connectivity index (χ1) is 32.4. The van der Waals surface area contributed by atoms with Crippen LogP contribution in [0.15, 0.2) is 170 Å². The maximum Gasteiger partial charge on any atom is 0.150 e. The molecule has 0 aliphatic carbocycles. The van der Waals surface area contributed by atoms with Crippen molar-refractivity contribution in [3.63, 3.8) is 0 Å². The van der Waals surface area contributed by atoms with Gasteiger partial charge in [0, 0.05) is 45.4 Å². The third kappa shape index (κ3) is 8.01. The van der Waals surface area contributed by atoms with E-state index in [2.05, 4.69) is 63.5 Å². The largest absolute Gasteiger partial charge is 0.307 e. The molecular weight excluding hydrogens is 895 g/mol. The van der Waals surface area contributed by atoms with E-state index in [-0.39, 0.29) is 22.5 Å². The number of halogens is 6. The van der Waals surface area contributed by atoms with Crippen LogP contribution in [-0.4, -0.2) is 16.1 Å². The van der Waals surface area contributed by atoms with Crippen LogP contribution in [0.2, 0.25) is 39.3 Å². The third-order valence-electron chi connectivity index (χ3n) is 12.9. The Kier molecular flexibility index (Phi) is 11.1. The Balaban J connectivity index is 1.23. The molecule has 68 heavy (non-hydrogen) atoms. The molecule has 10 aromatic carbocycles. The molecule has 10 rings (SSSR count). The highest BCUT2D eigenvalue weighted by Crippen LogP contribution is 2.49. The number of anilines is 6. The summed E-state index contributed by atoms with van der Waals surface area (Å²) in [5.74, 6) is -4.08. The van der Waals surface area contributed by atoms with Crippen molar-refractivity contribution >= 4 is 93.0 Å². The maximum absolute atomic E-state index is 16.7. The molecule has 0 fully saturated rings. The van der Waals surface area contributed by atoms with E-state index in [0.717, 1.165) is 44.5 Å². The number of hydrogen-bond donors (Lipinski definition) is 0. The Bertz CT molecular complexity index is 3290. The van der Waals surface area contributed by atoms with Gasteiger partial charge < -0.3 is 9.80 Å². The van der Waals surface area contributed by atoms with Gasteiger partial charge in [0.1, 0.15) is 34.9 Å². The number of rotatable bonds is 10. The van der Waals surface area contributed by atoms with Crippen molar-refractivity contribution in [2.45, 2.75) is 39.3 Å². The van der Waals surface area contributed by atoms with E-state index in [9.17, 15) is 8.78 Å². The van der Waals surface area contributed by atoms with Gasteiger partial charge in [-0.25, -0.2) is 26.3 Å². The van der Waals surface area contributed by atoms with E-state index in [4.69, 9.17) is 0 Å². The van der Waals surface area contributed by atoms with Crippen LogP contribution in [0.3, 0.4) is 0 Å². The van der Waals surface area contributed by atoms with Crippen molar-refractivity contribution in [2.75, 3.05) is 9.80 Å². The lowest BCUT2D eigenvalue weighted by Crippen LogP contribution is -2.37. The van der Waals surface area contributed by atoms with E-state index in [1.165, 1.54) is 71.0 Å². The van der Waals surface area contributed by atoms with E-state index in [0.29, 0.717) is 33.9 Å². The Labute approximate surface area is 393 Å². The molecule has 0 aliphatic rings. The summed E-state index contributed by atoms with van der Waals surface area (Å²) in [5.41, 5.74) is 3.75. The molecule has 0 aromatic heterocycles. The molecule has 0 amide bonds. The van der Waals surface area contributed by atoms with Gasteiger partial charge in [-0.1, -0.05) is 135 Å². The molecule has 0 unspecified atom stereocenters. The van der Waals surface area contributed by atoms with Crippen LogP contribution in [0.25, 0.3) is 54.6 Å². The molecule has 10 heteroatoms. The van der Waals surface area contributed by atoms with Crippen molar-refractivity contribution in [3.05, 3.63) is 205 Å². The summed E-state index contributed by atoms with van der Waals surface area (Å²) in [6, 6.07) is 47.6. The van der Waals surface area contributed by atoms with Crippen LogP contribution in [0.5, 0.6) is 0 Å². The molecule has 0 heterocycles. The minimum absolute atomic E-state index is 0.0962. The molecule has 0 saturated carbocycles. The molecule has 0 bridgehead atoms. The second-order valence-corrected chi connectivity index (χ2v) is 29.6. The summed E-state index contributed by atoms with van der Waals surface area (Å²) < 4.78 is 93.0. The lowest BCUT2D eigenvalue weighted by atomic mass is 9.91. The third-order valence-corrected chi connectivity index (χ3v) is 17.1. The summed E-state index contributed by atoms with van der Waals surface area (Å²) in [5, 5.41) is 7.49. The van der Waals surface area contributed by atoms with Gasteiger partial charge in [0.25, 0.3) is 0 Å². The van der Waals surface area contributed by atoms with E-state index in [1.807, 2.05) is 72.8 Å². The summed E-state index contributed by atoms with van der Waals surface area (Å²) in [6.07, 6.45) is 0. The van der Waals surface area contributed by atoms with Crippen molar-refractivity contribution in [1.29, 1.82) is 0 Å². The van der Waals surface area contributed by atoms with Gasteiger partial charge >= 0.3 is 0 Å². The zero-order valence-corrected chi connectivity index (χ0v) is 40.3. The van der Waals surface area contributed by atoms with Crippen molar-refractivity contribution in [1.82, 2.24) is 0 Å². The molecular formula is C58H46F6N2Si2. The fourth-order valence-electron chi connectivity index (χ4n) is 9.32. The molecule has 0 atom stereocenters. The van der Waals surface area contributed by atoms with Gasteiger partial charge in [-0.3, -0.25) is 0 Å². The van der Waals surface area contributed by atoms with Gasteiger partial charge in [0.15, 0.2) is 0 Å². The average molecular weight is 941 g/mol. The Hall–Kier alpha value is -7.15. The Morgan fingerprint density at radius 1 is 0.324 bits per heavy atom. The normalized spacial score (nSPS) is 12.1. The fraction of sp³-hybridized carbons (Fsp3) is 0.103. The highest BCUT2D eigenvalue weighted by atomic mass is 28.3. The lowest BCUT2D eigenvalue weighted by molar-refractivity contribution is 0.585. The molecule has 338 valence electrons. The number of benzene rings is 10. The van der Waals surface area contributed by atoms with E-state index < -0.39 is 51.1 Å². The standard InChI is InChI=1S/C58H46F6N2Si2/c1-67(2,3)43-23-19-41(20-24-43)65(55-31-47(49(61)33-51(55)63)35-7-15-39(59)16-8-35)53-29-13-37-12-28-46-54(30-14-38-11-27-45(53)57(37)58(38)46)66(42-21-25-44(26-22-42)68(4,5)6)56-32-48(50(62)34-52(56)64)36-9-17-40(60)18-10-36/h7-34H,1-6H3. The minimum atomic E-state index is -1.75. The quantitative estimate of drug-likeness (QED) is 0.0766. The summed E-state index contributed by atoms with van der Waals surface area (Å²) >= 11 is 0. The molecule has 0 aliphatic heterocycles. The predicted molar refractivity (Wildman–Crippen MR) is 276 cm³/mol. The summed E-state index contributed by atoms with van der Waals surface area (Å²) in [7, 11) is -3.50. The average Bonchev–Trinajstić information content (AvgIpc) is 3.31. The van der Waals surface area contributed by atoms with Crippen LogP contribution < -0.4 is 20.2 Å². The van der Waals surface area contributed by atoms with Crippen LogP contribution >= 0.6 is 0 Å². The van der Waals surface area contributed by atoms with Crippen molar-refractivity contribution < 1.29 is 26.3 Å². The second-order valence-electron chi connectivity index (χ2n) is 19.4. The monoisotopic (exact) mass is 940 g/mol. The second kappa shape index (κ2) is 16.9.